The molecule has 0 spiro atoms. The van der Waals surface area contributed by atoms with E-state index in [-0.39, 0.29) is 24.6 Å². The number of amides is 4. The van der Waals surface area contributed by atoms with Crippen LogP contribution in [0, 0.1) is 0 Å². The number of imide groups is 1. The first-order valence-electron chi connectivity index (χ1n) is 11.7. The van der Waals surface area contributed by atoms with E-state index in [1.807, 2.05) is 60.7 Å². The molecule has 5 rings (SSSR count). The molecule has 0 saturated carbocycles. The van der Waals surface area contributed by atoms with Crippen LogP contribution in [0.15, 0.2) is 72.9 Å². The van der Waals surface area contributed by atoms with E-state index in [2.05, 4.69) is 4.98 Å². The molecule has 1 unspecified atom stereocenters. The summed E-state index contributed by atoms with van der Waals surface area (Å²) in [6.07, 6.45) is 3.41. The van der Waals surface area contributed by atoms with Crippen LogP contribution < -0.4 is 0 Å². The zero-order chi connectivity index (χ0) is 24.4. The number of hydrogen-bond acceptors (Lipinski definition) is 4. The highest BCUT2D eigenvalue weighted by Crippen LogP contribution is 2.32. The molecule has 0 bridgehead atoms. The van der Waals surface area contributed by atoms with Gasteiger partial charge in [0.05, 0.1) is 6.54 Å². The molecule has 3 aromatic rings. The summed E-state index contributed by atoms with van der Waals surface area (Å²) in [4.78, 5) is 59.6. The lowest BCUT2D eigenvalue weighted by molar-refractivity contribution is -0.128. The average Bonchev–Trinajstić information content (AvgIpc) is 3.63. The van der Waals surface area contributed by atoms with Gasteiger partial charge >= 0.3 is 6.03 Å². The van der Waals surface area contributed by atoms with Gasteiger partial charge in [-0.2, -0.15) is 0 Å². The first-order valence-corrected chi connectivity index (χ1v) is 11.7. The van der Waals surface area contributed by atoms with Gasteiger partial charge in [0.25, 0.3) is 11.8 Å². The van der Waals surface area contributed by atoms with E-state index in [9.17, 15) is 19.2 Å². The van der Waals surface area contributed by atoms with Crippen LogP contribution in [0.25, 0.3) is 0 Å². The number of aromatic amines is 1. The van der Waals surface area contributed by atoms with E-state index < -0.39 is 23.8 Å². The molecule has 0 aliphatic carbocycles. The Morgan fingerprint density at radius 1 is 0.914 bits per heavy atom. The van der Waals surface area contributed by atoms with Crippen molar-refractivity contribution >= 4 is 23.6 Å². The number of nitrogens with one attached hydrogen (secondary N) is 1. The summed E-state index contributed by atoms with van der Waals surface area (Å²) in [5.74, 6) is -0.987. The molecule has 2 fully saturated rings. The number of aromatic nitrogens is 1. The summed E-state index contributed by atoms with van der Waals surface area (Å²) in [5.41, 5.74) is 2.18. The fourth-order valence-electron chi connectivity index (χ4n) is 4.69. The van der Waals surface area contributed by atoms with E-state index in [0.29, 0.717) is 24.3 Å². The molecule has 1 N–H and O–H groups in total. The molecule has 1 atom stereocenters. The number of carbonyl (C=O) groups excluding carboxylic acids is 4. The lowest BCUT2D eigenvalue weighted by Crippen LogP contribution is -2.36. The minimum atomic E-state index is -0.810. The Balaban J connectivity index is 1.36. The smallest absolute Gasteiger partial charge is 0.328 e. The number of nitrogens with zero attached hydrogens (tertiary/aromatic N) is 3. The largest absolute Gasteiger partial charge is 0.356 e. The third-order valence-electron chi connectivity index (χ3n) is 6.53. The first kappa shape index (κ1) is 22.6. The van der Waals surface area contributed by atoms with E-state index >= 15 is 0 Å². The standard InChI is InChI=1S/C27H26N4O4/c32-23(21-15-22(28-16-21)25(33)29-13-7-8-14-29)18-31-26(34)24(20-11-5-2-6-12-20)30(27(31)35)17-19-9-3-1-4-10-19/h1-6,9-12,15-16,24,28H,7-8,13-14,17-18H2. The molecule has 35 heavy (non-hydrogen) atoms. The number of hydrogen-bond donors (Lipinski definition) is 1. The molecule has 8 heteroatoms. The Labute approximate surface area is 203 Å². The maximum Gasteiger partial charge on any atom is 0.328 e. The third-order valence-corrected chi connectivity index (χ3v) is 6.53. The number of H-pyrrole nitrogens is 1. The molecule has 2 saturated heterocycles. The highest BCUT2D eigenvalue weighted by molar-refractivity contribution is 6.10. The van der Waals surface area contributed by atoms with Crippen molar-refractivity contribution in [2.24, 2.45) is 0 Å². The van der Waals surface area contributed by atoms with Crippen LogP contribution in [0.4, 0.5) is 4.79 Å². The Hall–Kier alpha value is -4.20. The van der Waals surface area contributed by atoms with Gasteiger partial charge in [-0.15, -0.1) is 0 Å². The van der Waals surface area contributed by atoms with E-state index in [1.165, 1.54) is 17.2 Å². The second kappa shape index (κ2) is 9.58. The zero-order valence-electron chi connectivity index (χ0n) is 19.2. The maximum atomic E-state index is 13.4. The second-order valence-corrected chi connectivity index (χ2v) is 8.86. The Morgan fingerprint density at radius 2 is 1.57 bits per heavy atom. The molecule has 2 aliphatic heterocycles. The van der Waals surface area contributed by atoms with Gasteiger partial charge in [-0.25, -0.2) is 4.79 Å². The summed E-state index contributed by atoms with van der Waals surface area (Å²) in [7, 11) is 0. The van der Waals surface area contributed by atoms with E-state index in [1.54, 1.807) is 4.90 Å². The topological polar surface area (TPSA) is 93.8 Å². The van der Waals surface area contributed by atoms with E-state index in [0.717, 1.165) is 23.3 Å². The Kier molecular flexibility index (Phi) is 6.18. The van der Waals surface area contributed by atoms with Crippen molar-refractivity contribution in [1.29, 1.82) is 0 Å². The molecule has 178 valence electrons. The van der Waals surface area contributed by atoms with Crippen LogP contribution in [0.3, 0.4) is 0 Å². The van der Waals surface area contributed by atoms with Crippen LogP contribution in [0.5, 0.6) is 0 Å². The molecule has 0 radical (unpaired) electrons. The number of rotatable bonds is 7. The number of carbonyl (C=O) groups is 4. The lowest BCUT2D eigenvalue weighted by atomic mass is 10.0. The van der Waals surface area contributed by atoms with Gasteiger partial charge in [0.2, 0.25) is 0 Å². The number of benzene rings is 2. The average molecular weight is 471 g/mol. The van der Waals surface area contributed by atoms with Crippen molar-refractivity contribution in [3.05, 3.63) is 95.3 Å². The van der Waals surface area contributed by atoms with Crippen molar-refractivity contribution in [1.82, 2.24) is 19.7 Å². The van der Waals surface area contributed by atoms with Crippen LogP contribution in [0.1, 0.15) is 50.9 Å². The van der Waals surface area contributed by atoms with Crippen molar-refractivity contribution in [3.8, 4) is 0 Å². The van der Waals surface area contributed by atoms with Gasteiger partial charge in [-0.1, -0.05) is 60.7 Å². The van der Waals surface area contributed by atoms with Gasteiger partial charge < -0.3 is 14.8 Å². The minimum Gasteiger partial charge on any atom is -0.356 e. The molecule has 8 nitrogen and oxygen atoms in total. The summed E-state index contributed by atoms with van der Waals surface area (Å²) in [5, 5.41) is 0. The van der Waals surface area contributed by atoms with Crippen LogP contribution in [-0.2, 0) is 11.3 Å². The predicted octanol–water partition coefficient (Wildman–Crippen LogP) is 3.64. The highest BCUT2D eigenvalue weighted by atomic mass is 16.2. The van der Waals surface area contributed by atoms with Gasteiger partial charge in [0.15, 0.2) is 5.78 Å². The van der Waals surface area contributed by atoms with Gasteiger partial charge in [0, 0.05) is 31.4 Å². The molecule has 3 heterocycles. The summed E-state index contributed by atoms with van der Waals surface area (Å²) in [6.45, 7) is 1.27. The van der Waals surface area contributed by atoms with E-state index in [4.69, 9.17) is 0 Å². The molecule has 4 amide bonds. The molecule has 2 aromatic carbocycles. The predicted molar refractivity (Wildman–Crippen MR) is 129 cm³/mol. The number of ketones is 1. The highest BCUT2D eigenvalue weighted by Gasteiger charge is 2.46. The second-order valence-electron chi connectivity index (χ2n) is 8.86. The Morgan fingerprint density at radius 3 is 2.26 bits per heavy atom. The number of urea groups is 1. The quantitative estimate of drug-likeness (QED) is 0.421. The normalized spacial score (nSPS) is 17.9. The molecular formula is C27H26N4O4. The zero-order valence-corrected chi connectivity index (χ0v) is 19.2. The van der Waals surface area contributed by atoms with Crippen molar-refractivity contribution in [2.75, 3.05) is 19.6 Å². The van der Waals surface area contributed by atoms with Crippen molar-refractivity contribution in [2.45, 2.75) is 25.4 Å². The fraction of sp³-hybridized carbons (Fsp3) is 0.259. The fourth-order valence-corrected chi connectivity index (χ4v) is 4.69. The first-order chi connectivity index (χ1) is 17.0. The summed E-state index contributed by atoms with van der Waals surface area (Å²) in [6, 6.07) is 18.7. The minimum absolute atomic E-state index is 0.145. The van der Waals surface area contributed by atoms with Gasteiger partial charge in [-0.3, -0.25) is 19.3 Å². The van der Waals surface area contributed by atoms with Gasteiger partial charge in [-0.05, 0) is 30.0 Å². The summed E-state index contributed by atoms with van der Waals surface area (Å²) < 4.78 is 0. The molecule has 2 aliphatic rings. The van der Waals surface area contributed by atoms with Gasteiger partial charge in [0.1, 0.15) is 11.7 Å². The van der Waals surface area contributed by atoms with Crippen molar-refractivity contribution in [3.63, 3.8) is 0 Å². The lowest BCUT2D eigenvalue weighted by Gasteiger charge is -2.22. The van der Waals surface area contributed by atoms with Crippen LogP contribution >= 0.6 is 0 Å². The van der Waals surface area contributed by atoms with Crippen LogP contribution in [-0.4, -0.2) is 62.9 Å². The Bertz CT molecular complexity index is 1250. The maximum absolute atomic E-state index is 13.4. The third kappa shape index (κ3) is 4.47. The number of likely N-dealkylation sites (tertiary alicyclic amines) is 1. The number of Topliss-reactive ketones (excluding diaryl/α,β-unsaturated/α-hetero) is 1. The van der Waals surface area contributed by atoms with Crippen LogP contribution in [0.2, 0.25) is 0 Å². The molecular weight excluding hydrogens is 444 g/mol. The SMILES string of the molecule is O=C(CN1C(=O)C(c2ccccc2)N(Cc2ccccc2)C1=O)c1c[nH]c(C(=O)N2CCCC2)c1. The monoisotopic (exact) mass is 470 g/mol. The molecule has 1 aromatic heterocycles. The summed E-state index contributed by atoms with van der Waals surface area (Å²) >= 11 is 0. The van der Waals surface area contributed by atoms with Crippen molar-refractivity contribution < 1.29 is 19.2 Å².